The first kappa shape index (κ1) is 14.7. The number of hydrogen-bond acceptors (Lipinski definition) is 3. The van der Waals surface area contributed by atoms with Crippen LogP contribution in [0.3, 0.4) is 0 Å². The normalized spacial score (nSPS) is 26.3. The van der Waals surface area contributed by atoms with E-state index >= 15 is 0 Å². The Morgan fingerprint density at radius 3 is 1.95 bits per heavy atom. The van der Waals surface area contributed by atoms with Gasteiger partial charge >= 0.3 is 0 Å². The maximum atomic E-state index is 13.7. The molecule has 21 heavy (non-hydrogen) atoms. The van der Waals surface area contributed by atoms with Crippen molar-refractivity contribution >= 4 is 10.0 Å². The molecule has 9 heteroatoms. The summed E-state index contributed by atoms with van der Waals surface area (Å²) in [4.78, 5) is -1.55. The highest BCUT2D eigenvalue weighted by atomic mass is 32.2. The number of rotatable bonds is 2. The molecule has 0 aromatic heterocycles. The molecular weight excluding hydrogens is 312 g/mol. The molecule has 1 N–H and O–H groups in total. The lowest BCUT2D eigenvalue weighted by molar-refractivity contribution is 0.399. The molecule has 0 unspecified atom stereocenters. The van der Waals surface area contributed by atoms with Gasteiger partial charge in [-0.15, -0.1) is 0 Å². The first-order valence-electron chi connectivity index (χ1n) is 6.36. The van der Waals surface area contributed by atoms with Gasteiger partial charge in [-0.05, 0) is 24.9 Å². The van der Waals surface area contributed by atoms with Crippen LogP contribution in [0, 0.1) is 35.1 Å². The van der Waals surface area contributed by atoms with Gasteiger partial charge in [0.05, 0.1) is 0 Å². The van der Waals surface area contributed by atoms with E-state index in [0.29, 0.717) is 13.1 Å². The van der Waals surface area contributed by atoms with Crippen molar-refractivity contribution < 1.29 is 26.0 Å². The zero-order valence-electron chi connectivity index (χ0n) is 10.7. The van der Waals surface area contributed by atoms with Crippen LogP contribution in [0.25, 0.3) is 0 Å². The van der Waals surface area contributed by atoms with E-state index in [9.17, 15) is 26.0 Å². The van der Waals surface area contributed by atoms with Gasteiger partial charge in [-0.3, -0.25) is 0 Å². The maximum absolute atomic E-state index is 13.7. The van der Waals surface area contributed by atoms with Crippen LogP contribution in [0.2, 0.25) is 0 Å². The minimum atomic E-state index is -4.61. The van der Waals surface area contributed by atoms with Crippen molar-refractivity contribution in [2.45, 2.75) is 4.90 Å². The van der Waals surface area contributed by atoms with Crippen molar-refractivity contribution in [3.8, 4) is 0 Å². The molecule has 1 aromatic rings. The summed E-state index contributed by atoms with van der Waals surface area (Å²) in [6.07, 6.45) is 0. The standard InChI is InChI=1S/C12H12F4N2O2S/c13-8-1-9(14)11(16)12(10(8)15)21(19,20)18-4-6-2-17-3-7(6)5-18/h1,6-7,17H,2-5H2/t6-,7+. The number of nitrogens with zero attached hydrogens (tertiary/aromatic N) is 1. The molecule has 0 radical (unpaired) electrons. The molecule has 0 saturated carbocycles. The second-order valence-electron chi connectivity index (χ2n) is 5.30. The Labute approximate surface area is 118 Å². The van der Waals surface area contributed by atoms with Gasteiger partial charge in [-0.25, -0.2) is 26.0 Å². The lowest BCUT2D eigenvalue weighted by atomic mass is 10.0. The number of fused-ring (bicyclic) bond motifs is 1. The van der Waals surface area contributed by atoms with Gasteiger partial charge in [0.25, 0.3) is 0 Å². The predicted molar refractivity (Wildman–Crippen MR) is 64.9 cm³/mol. The first-order chi connectivity index (χ1) is 9.82. The summed E-state index contributed by atoms with van der Waals surface area (Å²) in [5.41, 5.74) is 0. The van der Waals surface area contributed by atoms with Crippen LogP contribution in [0.1, 0.15) is 0 Å². The van der Waals surface area contributed by atoms with Gasteiger partial charge in [0.2, 0.25) is 10.0 Å². The van der Waals surface area contributed by atoms with Crippen LogP contribution >= 0.6 is 0 Å². The number of hydrogen-bond donors (Lipinski definition) is 1. The zero-order valence-corrected chi connectivity index (χ0v) is 11.6. The van der Waals surface area contributed by atoms with E-state index in [0.717, 1.165) is 4.31 Å². The zero-order chi connectivity index (χ0) is 15.4. The van der Waals surface area contributed by atoms with E-state index in [1.807, 2.05) is 0 Å². The van der Waals surface area contributed by atoms with Gasteiger partial charge in [0.1, 0.15) is 0 Å². The summed E-state index contributed by atoms with van der Waals surface area (Å²) in [7, 11) is -4.61. The van der Waals surface area contributed by atoms with Gasteiger partial charge in [0.15, 0.2) is 28.2 Å². The Morgan fingerprint density at radius 1 is 1.00 bits per heavy atom. The average Bonchev–Trinajstić information content (AvgIpc) is 2.97. The summed E-state index contributed by atoms with van der Waals surface area (Å²) < 4.78 is 79.3. The van der Waals surface area contributed by atoms with Crippen molar-refractivity contribution in [2.75, 3.05) is 26.2 Å². The third kappa shape index (κ3) is 2.23. The molecule has 2 heterocycles. The van der Waals surface area contributed by atoms with E-state index in [4.69, 9.17) is 0 Å². The maximum Gasteiger partial charge on any atom is 0.249 e. The highest BCUT2D eigenvalue weighted by Gasteiger charge is 2.44. The largest absolute Gasteiger partial charge is 0.316 e. The summed E-state index contributed by atoms with van der Waals surface area (Å²) >= 11 is 0. The minimum Gasteiger partial charge on any atom is -0.316 e. The second kappa shape index (κ2) is 4.92. The lowest BCUT2D eigenvalue weighted by Gasteiger charge is -2.18. The van der Waals surface area contributed by atoms with E-state index in [2.05, 4.69) is 5.32 Å². The summed E-state index contributed by atoms with van der Waals surface area (Å²) in [6.45, 7) is 1.38. The van der Waals surface area contributed by atoms with E-state index in [-0.39, 0.29) is 31.0 Å². The highest BCUT2D eigenvalue weighted by molar-refractivity contribution is 7.89. The summed E-state index contributed by atoms with van der Waals surface area (Å²) in [5, 5.41) is 3.09. The number of nitrogens with one attached hydrogen (secondary N) is 1. The van der Waals surface area contributed by atoms with Crippen molar-refractivity contribution in [3.05, 3.63) is 29.3 Å². The van der Waals surface area contributed by atoms with E-state index < -0.39 is 38.2 Å². The fraction of sp³-hybridized carbons (Fsp3) is 0.500. The molecule has 2 saturated heterocycles. The van der Waals surface area contributed by atoms with Crippen molar-refractivity contribution in [1.82, 2.24) is 9.62 Å². The van der Waals surface area contributed by atoms with Crippen LogP contribution < -0.4 is 5.32 Å². The SMILES string of the molecule is O=S(=O)(c1c(F)c(F)cc(F)c1F)N1C[C@H]2CNC[C@H]2C1. The molecule has 1 aromatic carbocycles. The van der Waals surface area contributed by atoms with E-state index in [1.54, 1.807) is 0 Å². The molecule has 0 aliphatic carbocycles. The smallest absolute Gasteiger partial charge is 0.249 e. The van der Waals surface area contributed by atoms with Crippen LogP contribution in [0.4, 0.5) is 17.6 Å². The van der Waals surface area contributed by atoms with Gasteiger partial charge in [0, 0.05) is 19.2 Å². The Morgan fingerprint density at radius 2 is 1.48 bits per heavy atom. The van der Waals surface area contributed by atoms with Crippen molar-refractivity contribution in [1.29, 1.82) is 0 Å². The number of sulfonamides is 1. The van der Waals surface area contributed by atoms with Crippen LogP contribution in [0.15, 0.2) is 11.0 Å². The number of benzene rings is 1. The Balaban J connectivity index is 2.04. The quantitative estimate of drug-likeness (QED) is 0.654. The lowest BCUT2D eigenvalue weighted by Crippen LogP contribution is -2.33. The topological polar surface area (TPSA) is 49.4 Å². The molecular formula is C12H12F4N2O2S. The monoisotopic (exact) mass is 324 g/mol. The van der Waals surface area contributed by atoms with Crippen molar-refractivity contribution in [2.24, 2.45) is 11.8 Å². The molecule has 4 nitrogen and oxygen atoms in total. The Hall–Kier alpha value is -1.19. The first-order valence-corrected chi connectivity index (χ1v) is 7.80. The summed E-state index contributed by atoms with van der Waals surface area (Å²) in [5.74, 6) is -7.14. The fourth-order valence-electron chi connectivity index (χ4n) is 2.92. The fourth-order valence-corrected chi connectivity index (χ4v) is 4.60. The van der Waals surface area contributed by atoms with Gasteiger partial charge in [-0.1, -0.05) is 0 Å². The molecule has 2 fully saturated rings. The molecule has 0 amide bonds. The third-order valence-corrected chi connectivity index (χ3v) is 5.88. The highest BCUT2D eigenvalue weighted by Crippen LogP contribution is 2.33. The van der Waals surface area contributed by atoms with Gasteiger partial charge < -0.3 is 5.32 Å². The molecule has 2 aliphatic heterocycles. The third-order valence-electron chi connectivity index (χ3n) is 4.03. The predicted octanol–water partition coefficient (Wildman–Crippen LogP) is 1.08. The van der Waals surface area contributed by atoms with Crippen molar-refractivity contribution in [3.63, 3.8) is 0 Å². The molecule has 3 rings (SSSR count). The minimum absolute atomic E-state index is 0.00762. The van der Waals surface area contributed by atoms with Crippen LogP contribution in [-0.4, -0.2) is 38.9 Å². The Kier molecular flexibility index (Phi) is 3.45. The second-order valence-corrected chi connectivity index (χ2v) is 7.17. The molecule has 2 atom stereocenters. The van der Waals surface area contributed by atoms with E-state index in [1.165, 1.54) is 0 Å². The molecule has 0 spiro atoms. The number of halogens is 4. The Bertz CT molecular complexity index is 657. The van der Waals surface area contributed by atoms with Crippen LogP contribution in [-0.2, 0) is 10.0 Å². The molecule has 2 aliphatic rings. The van der Waals surface area contributed by atoms with Crippen LogP contribution in [0.5, 0.6) is 0 Å². The summed E-state index contributed by atoms with van der Waals surface area (Å²) in [6, 6.07) is -0.00762. The average molecular weight is 324 g/mol. The van der Waals surface area contributed by atoms with Gasteiger partial charge in [-0.2, -0.15) is 4.31 Å². The molecule has 0 bridgehead atoms. The molecule has 116 valence electrons.